The van der Waals surface area contributed by atoms with Gasteiger partial charge < -0.3 is 0 Å². The fourth-order valence-corrected chi connectivity index (χ4v) is 5.89. The smallest absolute Gasteiger partial charge is 0.102 e. The van der Waals surface area contributed by atoms with E-state index in [9.17, 15) is 0 Å². The molecule has 0 spiro atoms. The highest BCUT2D eigenvalue weighted by Gasteiger charge is 2.79. The summed E-state index contributed by atoms with van der Waals surface area (Å²) in [5.41, 5.74) is 0. The molecule has 0 bridgehead atoms. The largest absolute Gasteiger partial charge is 0.189 e. The van der Waals surface area contributed by atoms with Crippen LogP contribution in [0.25, 0.3) is 0 Å². The molecule has 0 N–H and O–H groups in total. The summed E-state index contributed by atoms with van der Waals surface area (Å²) in [6.45, 7) is 1.14. The van der Waals surface area contributed by atoms with Crippen LogP contribution in [0.5, 0.6) is 0 Å². The summed E-state index contributed by atoms with van der Waals surface area (Å²) < 4.78 is -18.0. The minimum atomic E-state index is -2.82. The summed E-state index contributed by atoms with van der Waals surface area (Å²) in [4.78, 5) is -1.63. The van der Waals surface area contributed by atoms with Gasteiger partial charge in [0.1, 0.15) is 4.84 Å². The van der Waals surface area contributed by atoms with E-state index >= 15 is 0 Å². The lowest BCUT2D eigenvalue weighted by Crippen LogP contribution is -2.69. The van der Waals surface area contributed by atoms with Gasteiger partial charge in [0.2, 0.25) is 0 Å². The SMILES string of the molecule is CC(Cl)(Cl)C(Cl)(Cl)C(Cl)(Cl)C(Cl)(Cl)C(Cl)(Cl)C(Cl)(Cl)C(Cl)(Cl)C(Cl)Cl. The highest BCUT2D eigenvalue weighted by atomic mass is 35.6. The monoisotopic (exact) mass is 672 g/mol. The van der Waals surface area contributed by atoms with E-state index in [4.69, 9.17) is 186 Å². The quantitative estimate of drug-likeness (QED) is 0.235. The van der Waals surface area contributed by atoms with Crippen molar-refractivity contribution in [3.63, 3.8) is 0 Å². The molecule has 0 radical (unpaired) electrons. The molecule has 16 heteroatoms. The van der Waals surface area contributed by atoms with Gasteiger partial charge in [-0.2, -0.15) is 0 Å². The molecule has 0 nitrogen and oxygen atoms in total. The van der Waals surface area contributed by atoms with Crippen molar-refractivity contribution in [2.75, 3.05) is 0 Å². The third-order valence-corrected chi connectivity index (χ3v) is 13.7. The van der Waals surface area contributed by atoms with Gasteiger partial charge in [-0.05, 0) is 6.92 Å². The lowest BCUT2D eigenvalue weighted by Gasteiger charge is -2.53. The summed E-state index contributed by atoms with van der Waals surface area (Å²) in [6, 6.07) is 0. The maximum Gasteiger partial charge on any atom is 0.189 e. The van der Waals surface area contributed by atoms with Crippen LogP contribution in [-0.2, 0) is 0 Å². The van der Waals surface area contributed by atoms with E-state index in [2.05, 4.69) is 0 Å². The molecule has 0 aliphatic carbocycles. The van der Waals surface area contributed by atoms with Gasteiger partial charge in [0, 0.05) is 0 Å². The predicted molar refractivity (Wildman–Crippen MR) is 122 cm³/mol. The van der Waals surface area contributed by atoms with Crippen LogP contribution in [0.1, 0.15) is 6.92 Å². The van der Waals surface area contributed by atoms with Gasteiger partial charge in [0.05, 0.1) is 0 Å². The summed E-state index contributed by atoms with van der Waals surface area (Å²) >= 11 is 96.4. The first kappa shape index (κ1) is 29.6. The van der Waals surface area contributed by atoms with E-state index in [1.165, 1.54) is 0 Å². The molecule has 0 aromatic heterocycles. The van der Waals surface area contributed by atoms with Crippen LogP contribution in [-0.4, -0.2) is 35.2 Å². The van der Waals surface area contributed by atoms with Gasteiger partial charge in [-0.15, -0.1) is 23.2 Å². The molecule has 0 saturated heterocycles. The minimum Gasteiger partial charge on any atom is -0.102 e. The number of halogens is 16. The van der Waals surface area contributed by atoms with Crippen molar-refractivity contribution >= 4 is 186 Å². The van der Waals surface area contributed by atoms with Crippen molar-refractivity contribution < 1.29 is 0 Å². The van der Waals surface area contributed by atoms with Gasteiger partial charge in [0.15, 0.2) is 30.3 Å². The number of hydrogen-bond acceptors (Lipinski definition) is 0. The second-order valence-electron chi connectivity index (χ2n) is 4.68. The Labute approximate surface area is 225 Å². The van der Waals surface area contributed by atoms with Crippen molar-refractivity contribution in [3.8, 4) is 0 Å². The van der Waals surface area contributed by atoms with Gasteiger partial charge in [-0.1, -0.05) is 162 Å². The molecule has 0 unspecified atom stereocenters. The molecule has 0 saturated carbocycles. The second kappa shape index (κ2) is 8.88. The van der Waals surface area contributed by atoms with E-state index in [1.54, 1.807) is 0 Å². The first-order valence-electron chi connectivity index (χ1n) is 5.37. The zero-order valence-electron chi connectivity index (χ0n) is 11.1. The molecule has 0 aromatic carbocycles. The third-order valence-electron chi connectivity index (χ3n) is 2.82. The average molecular weight is 679 g/mol. The van der Waals surface area contributed by atoms with Gasteiger partial charge in [-0.25, -0.2) is 0 Å². The summed E-state index contributed by atoms with van der Waals surface area (Å²) in [5.74, 6) is 0. The summed E-state index contributed by atoms with van der Waals surface area (Å²) in [5, 5.41) is 0. The zero-order chi connectivity index (χ0) is 21.1. The van der Waals surface area contributed by atoms with Crippen molar-refractivity contribution in [1.82, 2.24) is 0 Å². The molecule has 0 aliphatic rings. The van der Waals surface area contributed by atoms with Crippen molar-refractivity contribution in [3.05, 3.63) is 0 Å². The molecule has 25 heavy (non-hydrogen) atoms. The van der Waals surface area contributed by atoms with E-state index < -0.39 is 35.2 Å². The molecular weight excluding hydrogens is 675 g/mol. The Bertz CT molecular complexity index is 482. The fourth-order valence-electron chi connectivity index (χ4n) is 1.21. The topological polar surface area (TPSA) is 0 Å². The molecule has 0 fully saturated rings. The van der Waals surface area contributed by atoms with Crippen LogP contribution in [0, 0.1) is 0 Å². The van der Waals surface area contributed by atoms with Crippen molar-refractivity contribution in [1.29, 1.82) is 0 Å². The van der Waals surface area contributed by atoms with E-state index in [-0.39, 0.29) is 0 Å². The normalized spacial score (nSPS) is 16.6. The fraction of sp³-hybridized carbons (Fsp3) is 1.00. The van der Waals surface area contributed by atoms with E-state index in [1.807, 2.05) is 0 Å². The minimum absolute atomic E-state index is 1.14. The standard InChI is InChI=1S/C9H4Cl16/c1-3(12,13)5(16,17)7(20,21)9(24,25)8(22,23)6(18,19)4(14,15)2(10)11/h2H,1H3. The highest BCUT2D eigenvalue weighted by molar-refractivity contribution is 6.80. The van der Waals surface area contributed by atoms with Crippen LogP contribution in [0.2, 0.25) is 0 Å². The lowest BCUT2D eigenvalue weighted by atomic mass is 10.0. The van der Waals surface area contributed by atoms with Gasteiger partial charge >= 0.3 is 0 Å². The Kier molecular flexibility index (Phi) is 10.5. The van der Waals surface area contributed by atoms with Gasteiger partial charge in [-0.3, -0.25) is 0 Å². The number of alkyl halides is 16. The molecule has 0 atom stereocenters. The third kappa shape index (κ3) is 4.86. The van der Waals surface area contributed by atoms with Crippen LogP contribution >= 0.6 is 186 Å². The Morgan fingerprint density at radius 2 is 0.680 bits per heavy atom. The molecule has 0 rings (SSSR count). The number of hydrogen-bond donors (Lipinski definition) is 0. The Morgan fingerprint density at radius 1 is 0.440 bits per heavy atom. The molecular formula is C9H4Cl16. The van der Waals surface area contributed by atoms with Crippen LogP contribution in [0.4, 0.5) is 0 Å². The second-order valence-corrected chi connectivity index (χ2v) is 15.5. The molecule has 152 valence electrons. The zero-order valence-corrected chi connectivity index (χ0v) is 23.2. The summed E-state index contributed by atoms with van der Waals surface area (Å²) in [7, 11) is 0. The van der Waals surface area contributed by atoms with Gasteiger partial charge in [0.25, 0.3) is 0 Å². The Morgan fingerprint density at radius 3 is 0.920 bits per heavy atom. The highest BCUT2D eigenvalue weighted by Crippen LogP contribution is 2.71. The molecule has 0 heterocycles. The van der Waals surface area contributed by atoms with Crippen molar-refractivity contribution in [2.45, 2.75) is 42.1 Å². The first-order valence-corrected chi connectivity index (χ1v) is 11.5. The average Bonchev–Trinajstić information content (AvgIpc) is 2.35. The van der Waals surface area contributed by atoms with Crippen LogP contribution in [0.3, 0.4) is 0 Å². The maximum atomic E-state index is 6.18. The predicted octanol–water partition coefficient (Wildman–Crippen LogP) is 10.0. The number of rotatable bonds is 7. The summed E-state index contributed by atoms with van der Waals surface area (Å²) in [6.07, 6.45) is 0. The van der Waals surface area contributed by atoms with Crippen LogP contribution in [0.15, 0.2) is 0 Å². The van der Waals surface area contributed by atoms with Crippen molar-refractivity contribution in [2.24, 2.45) is 0 Å². The molecule has 0 amide bonds. The first-order chi connectivity index (χ1) is 10.4. The molecule has 0 aromatic rings. The van der Waals surface area contributed by atoms with E-state index in [0.29, 0.717) is 0 Å². The van der Waals surface area contributed by atoms with E-state index in [0.717, 1.165) is 6.92 Å². The maximum absolute atomic E-state index is 6.18. The Balaban J connectivity index is 6.50. The lowest BCUT2D eigenvalue weighted by molar-refractivity contribution is 0.462. The van der Waals surface area contributed by atoms with Crippen LogP contribution < -0.4 is 0 Å². The molecule has 0 aliphatic heterocycles. The Hall–Kier alpha value is 4.64.